The van der Waals surface area contributed by atoms with E-state index < -0.39 is 0 Å². The Labute approximate surface area is 146 Å². The van der Waals surface area contributed by atoms with E-state index in [9.17, 15) is 9.59 Å². The summed E-state index contributed by atoms with van der Waals surface area (Å²) in [6.07, 6.45) is 1.54. The molecule has 0 radical (unpaired) electrons. The lowest BCUT2D eigenvalue weighted by Crippen LogP contribution is -2.41. The largest absolute Gasteiger partial charge is 0.268 e. The van der Waals surface area contributed by atoms with Crippen molar-refractivity contribution < 1.29 is 9.59 Å². The van der Waals surface area contributed by atoms with Crippen LogP contribution in [0, 0.1) is 0 Å². The number of hydrogen-bond donors (Lipinski definition) is 0. The van der Waals surface area contributed by atoms with Gasteiger partial charge in [0.1, 0.15) is 0 Å². The van der Waals surface area contributed by atoms with Crippen molar-refractivity contribution in [2.45, 2.75) is 26.7 Å². The molecule has 0 fully saturated rings. The van der Waals surface area contributed by atoms with Gasteiger partial charge < -0.3 is 0 Å². The lowest BCUT2D eigenvalue weighted by atomic mass is 9.92. The van der Waals surface area contributed by atoms with E-state index in [1.165, 1.54) is 4.90 Å². The Kier molecular flexibility index (Phi) is 3.65. The van der Waals surface area contributed by atoms with Gasteiger partial charge >= 0.3 is 0 Å². The summed E-state index contributed by atoms with van der Waals surface area (Å²) in [5.41, 5.74) is 4.00. The molecule has 0 unspecified atom stereocenters. The van der Waals surface area contributed by atoms with E-state index in [0.717, 1.165) is 40.4 Å². The predicted octanol–water partition coefficient (Wildman–Crippen LogP) is 4.77. The molecule has 25 heavy (non-hydrogen) atoms. The zero-order valence-electron chi connectivity index (χ0n) is 14.4. The minimum Gasteiger partial charge on any atom is -0.268 e. The molecule has 1 aliphatic rings. The summed E-state index contributed by atoms with van der Waals surface area (Å²) in [4.78, 5) is 27.9. The first-order chi connectivity index (χ1) is 12.2. The zero-order chi connectivity index (χ0) is 17.6. The number of rotatable bonds is 3. The highest BCUT2D eigenvalue weighted by Gasteiger charge is 2.35. The highest BCUT2D eigenvalue weighted by atomic mass is 16.2. The Morgan fingerprint density at radius 1 is 0.720 bits per heavy atom. The number of carbonyl (C=O) groups excluding carboxylic acids is 2. The third-order valence-corrected chi connectivity index (χ3v) is 4.96. The van der Waals surface area contributed by atoms with Crippen molar-refractivity contribution >= 4 is 28.3 Å². The lowest BCUT2D eigenvalue weighted by Gasteiger charge is -2.30. The SMILES string of the molecule is CCc1cccc(CC)c1N1C(=O)c2cccc3cccc(c23)C1=O. The Bertz CT molecular complexity index is 947. The molecule has 0 atom stereocenters. The molecule has 0 N–H and O–H groups in total. The standard InChI is InChI=1S/C22H19NO2/c1-3-14-8-5-9-15(4-2)20(14)23-21(24)17-12-6-10-16-11-7-13-18(19(16)17)22(23)25/h5-13H,3-4H2,1-2H3. The molecule has 0 aliphatic carbocycles. The van der Waals surface area contributed by atoms with E-state index >= 15 is 0 Å². The molecule has 0 saturated heterocycles. The number of amides is 2. The summed E-state index contributed by atoms with van der Waals surface area (Å²) in [7, 11) is 0. The maximum absolute atomic E-state index is 13.3. The van der Waals surface area contributed by atoms with Gasteiger partial charge in [-0.25, -0.2) is 4.90 Å². The van der Waals surface area contributed by atoms with Crippen molar-refractivity contribution in [2.75, 3.05) is 4.90 Å². The summed E-state index contributed by atoms with van der Waals surface area (Å²) < 4.78 is 0. The van der Waals surface area contributed by atoms with E-state index in [4.69, 9.17) is 0 Å². The molecule has 2 amide bonds. The van der Waals surface area contributed by atoms with E-state index in [1.807, 2.05) is 68.4 Å². The van der Waals surface area contributed by atoms with E-state index in [1.54, 1.807) is 0 Å². The van der Waals surface area contributed by atoms with Crippen molar-refractivity contribution in [1.29, 1.82) is 0 Å². The second-order valence-corrected chi connectivity index (χ2v) is 6.29. The van der Waals surface area contributed by atoms with Gasteiger partial charge in [0, 0.05) is 16.5 Å². The van der Waals surface area contributed by atoms with Gasteiger partial charge in [-0.15, -0.1) is 0 Å². The second-order valence-electron chi connectivity index (χ2n) is 6.29. The highest BCUT2D eigenvalue weighted by molar-refractivity contribution is 6.36. The van der Waals surface area contributed by atoms with Crippen molar-refractivity contribution in [3.63, 3.8) is 0 Å². The molecule has 3 aromatic carbocycles. The van der Waals surface area contributed by atoms with Gasteiger partial charge in [-0.2, -0.15) is 0 Å². The summed E-state index contributed by atoms with van der Waals surface area (Å²) in [6, 6.07) is 17.2. The molecule has 0 spiro atoms. The number of nitrogens with zero attached hydrogens (tertiary/aromatic N) is 1. The molecule has 4 rings (SSSR count). The van der Waals surface area contributed by atoms with Crippen LogP contribution in [0.1, 0.15) is 45.7 Å². The van der Waals surface area contributed by atoms with Crippen LogP contribution in [0.25, 0.3) is 10.8 Å². The minimum atomic E-state index is -0.232. The number of anilines is 1. The topological polar surface area (TPSA) is 37.4 Å². The van der Waals surface area contributed by atoms with E-state index in [0.29, 0.717) is 11.1 Å². The normalized spacial score (nSPS) is 13.6. The molecule has 3 aromatic rings. The van der Waals surface area contributed by atoms with Gasteiger partial charge in [0.05, 0.1) is 5.69 Å². The molecule has 1 aliphatic heterocycles. The smallest absolute Gasteiger partial charge is 0.266 e. The first-order valence-electron chi connectivity index (χ1n) is 8.68. The molecule has 1 heterocycles. The van der Waals surface area contributed by atoms with E-state index in [2.05, 4.69) is 0 Å². The third-order valence-electron chi connectivity index (χ3n) is 4.96. The number of para-hydroxylation sites is 1. The van der Waals surface area contributed by atoms with Crippen molar-refractivity contribution in [1.82, 2.24) is 0 Å². The lowest BCUT2D eigenvalue weighted by molar-refractivity contribution is 0.0893. The van der Waals surface area contributed by atoms with Crippen LogP contribution in [-0.2, 0) is 12.8 Å². The Morgan fingerprint density at radius 2 is 1.20 bits per heavy atom. The molecule has 0 saturated carbocycles. The number of benzene rings is 3. The van der Waals surface area contributed by atoms with Crippen LogP contribution in [0.2, 0.25) is 0 Å². The maximum Gasteiger partial charge on any atom is 0.266 e. The van der Waals surface area contributed by atoms with Crippen LogP contribution < -0.4 is 4.90 Å². The first-order valence-corrected chi connectivity index (χ1v) is 8.68. The quantitative estimate of drug-likeness (QED) is 0.649. The monoisotopic (exact) mass is 329 g/mol. The summed E-state index contributed by atoms with van der Waals surface area (Å²) in [5.74, 6) is -0.463. The second kappa shape index (κ2) is 5.85. The fourth-order valence-corrected chi connectivity index (χ4v) is 3.74. The van der Waals surface area contributed by atoms with Crippen molar-refractivity contribution in [3.8, 4) is 0 Å². The van der Waals surface area contributed by atoms with Gasteiger partial charge in [-0.05, 0) is 41.5 Å². The average Bonchev–Trinajstić information content (AvgIpc) is 2.66. The van der Waals surface area contributed by atoms with E-state index in [-0.39, 0.29) is 11.8 Å². The summed E-state index contributed by atoms with van der Waals surface area (Å²) >= 11 is 0. The van der Waals surface area contributed by atoms with Gasteiger partial charge in [-0.1, -0.05) is 56.3 Å². The van der Waals surface area contributed by atoms with Crippen LogP contribution >= 0.6 is 0 Å². The van der Waals surface area contributed by atoms with Crippen molar-refractivity contribution in [3.05, 3.63) is 76.9 Å². The molecule has 3 heteroatoms. The third kappa shape index (κ3) is 2.19. The maximum atomic E-state index is 13.3. The molecule has 0 aromatic heterocycles. The number of hydrogen-bond acceptors (Lipinski definition) is 2. The molecule has 3 nitrogen and oxygen atoms in total. The van der Waals surface area contributed by atoms with Gasteiger partial charge in [0.2, 0.25) is 0 Å². The first kappa shape index (κ1) is 15.6. The Hall–Kier alpha value is -2.94. The van der Waals surface area contributed by atoms with Crippen LogP contribution in [0.4, 0.5) is 5.69 Å². The highest BCUT2D eigenvalue weighted by Crippen LogP contribution is 2.36. The number of imide groups is 1. The Balaban J connectivity index is 2.01. The fraction of sp³-hybridized carbons (Fsp3) is 0.182. The average molecular weight is 329 g/mol. The molecule has 124 valence electrons. The van der Waals surface area contributed by atoms with Crippen LogP contribution in [0.15, 0.2) is 54.6 Å². The molecule has 0 bridgehead atoms. The van der Waals surface area contributed by atoms with Crippen molar-refractivity contribution in [2.24, 2.45) is 0 Å². The Morgan fingerprint density at radius 3 is 1.68 bits per heavy atom. The summed E-state index contributed by atoms with van der Waals surface area (Å²) in [5, 5.41) is 1.69. The molecular formula is C22H19NO2. The number of aryl methyl sites for hydroxylation is 2. The van der Waals surface area contributed by atoms with Crippen LogP contribution in [-0.4, -0.2) is 11.8 Å². The predicted molar refractivity (Wildman–Crippen MR) is 100 cm³/mol. The number of carbonyl (C=O) groups is 2. The van der Waals surface area contributed by atoms with Gasteiger partial charge in [0.15, 0.2) is 0 Å². The molecular weight excluding hydrogens is 310 g/mol. The van der Waals surface area contributed by atoms with Crippen LogP contribution in [0.5, 0.6) is 0 Å². The van der Waals surface area contributed by atoms with Gasteiger partial charge in [0.25, 0.3) is 11.8 Å². The minimum absolute atomic E-state index is 0.232. The van der Waals surface area contributed by atoms with Gasteiger partial charge in [-0.3, -0.25) is 9.59 Å². The zero-order valence-corrected chi connectivity index (χ0v) is 14.4. The summed E-state index contributed by atoms with van der Waals surface area (Å²) in [6.45, 7) is 4.09. The fourth-order valence-electron chi connectivity index (χ4n) is 3.74. The van der Waals surface area contributed by atoms with Crippen LogP contribution in [0.3, 0.4) is 0 Å².